The second-order valence-corrected chi connectivity index (χ2v) is 7.74. The van der Waals surface area contributed by atoms with E-state index < -0.39 is 5.97 Å². The maximum absolute atomic E-state index is 11.5. The number of halogens is 1. The van der Waals surface area contributed by atoms with Crippen LogP contribution in [0.5, 0.6) is 11.5 Å². The molecule has 0 amide bonds. The van der Waals surface area contributed by atoms with Crippen molar-refractivity contribution in [2.24, 2.45) is 15.9 Å². The quantitative estimate of drug-likeness (QED) is 0.175. The van der Waals surface area contributed by atoms with E-state index in [9.17, 15) is 4.79 Å². The Balaban J connectivity index is 2.00. The highest BCUT2D eigenvalue weighted by Gasteiger charge is 2.13. The van der Waals surface area contributed by atoms with Crippen molar-refractivity contribution in [1.29, 1.82) is 0 Å². The number of carbonyl (C=O) groups excluding carboxylic acids is 1. The molecule has 0 aromatic heterocycles. The van der Waals surface area contributed by atoms with E-state index in [0.717, 1.165) is 20.4 Å². The van der Waals surface area contributed by atoms with Crippen LogP contribution in [0.25, 0.3) is 0 Å². The third-order valence-corrected chi connectivity index (χ3v) is 5.14. The van der Waals surface area contributed by atoms with E-state index in [1.54, 1.807) is 19.2 Å². The van der Waals surface area contributed by atoms with Crippen molar-refractivity contribution in [3.05, 3.63) is 57.2 Å². The van der Waals surface area contributed by atoms with Gasteiger partial charge >= 0.3 is 5.97 Å². The van der Waals surface area contributed by atoms with Crippen LogP contribution in [0.2, 0.25) is 0 Å². The van der Waals surface area contributed by atoms with Gasteiger partial charge in [-0.25, -0.2) is 4.79 Å². The second-order valence-electron chi connectivity index (χ2n) is 5.58. The number of methoxy groups -OCH3 is 1. The SMILES string of the molecule is CCOC(=O)COc1c(I)cc(C=NN=C(N)SCc2ccccc2)cc1OC. The van der Waals surface area contributed by atoms with Crippen molar-refractivity contribution >= 4 is 51.7 Å². The molecule has 0 heterocycles. The highest BCUT2D eigenvalue weighted by atomic mass is 127. The van der Waals surface area contributed by atoms with Crippen molar-refractivity contribution in [1.82, 2.24) is 0 Å². The van der Waals surface area contributed by atoms with Gasteiger partial charge in [-0.2, -0.15) is 5.10 Å². The largest absolute Gasteiger partial charge is 0.493 e. The number of hydrogen-bond acceptors (Lipinski definition) is 7. The monoisotopic (exact) mass is 527 g/mol. The number of amidine groups is 1. The first-order valence-corrected chi connectivity index (χ1v) is 10.8. The van der Waals surface area contributed by atoms with Gasteiger partial charge in [-0.1, -0.05) is 42.1 Å². The normalized spacial score (nSPS) is 11.5. The first-order chi connectivity index (χ1) is 14.0. The van der Waals surface area contributed by atoms with E-state index in [0.29, 0.717) is 23.3 Å². The third-order valence-electron chi connectivity index (χ3n) is 3.48. The summed E-state index contributed by atoms with van der Waals surface area (Å²) in [6.07, 6.45) is 1.58. The number of ether oxygens (including phenoxy) is 3. The number of thioether (sulfide) groups is 1. The second kappa shape index (κ2) is 12.3. The van der Waals surface area contributed by atoms with Crippen LogP contribution in [0, 0.1) is 3.57 Å². The minimum Gasteiger partial charge on any atom is -0.493 e. The smallest absolute Gasteiger partial charge is 0.344 e. The van der Waals surface area contributed by atoms with Gasteiger partial charge in [0.15, 0.2) is 23.3 Å². The van der Waals surface area contributed by atoms with Crippen LogP contribution < -0.4 is 15.2 Å². The molecule has 154 valence electrons. The van der Waals surface area contributed by atoms with Crippen LogP contribution in [0.15, 0.2) is 52.7 Å². The van der Waals surface area contributed by atoms with Gasteiger partial charge in [0.05, 0.1) is 23.5 Å². The van der Waals surface area contributed by atoms with Crippen LogP contribution in [0.4, 0.5) is 0 Å². The van der Waals surface area contributed by atoms with Crippen LogP contribution in [0.1, 0.15) is 18.1 Å². The Hall–Kier alpha value is -2.27. The molecule has 0 unspecified atom stereocenters. The summed E-state index contributed by atoms with van der Waals surface area (Å²) >= 11 is 3.52. The molecule has 7 nitrogen and oxygen atoms in total. The standard InChI is InChI=1S/C20H22IN3O4S/c1-3-27-18(25)12-28-19-16(21)9-15(10-17(19)26-2)11-23-24-20(22)29-13-14-7-5-4-6-8-14/h4-11H,3,12-13H2,1-2H3,(H2,22,24). The van der Waals surface area contributed by atoms with E-state index in [2.05, 4.69) is 32.8 Å². The third kappa shape index (κ3) is 7.94. The molecule has 2 N–H and O–H groups in total. The molecule has 0 aliphatic heterocycles. The molecular weight excluding hydrogens is 505 g/mol. The molecule has 0 bridgehead atoms. The average molecular weight is 527 g/mol. The Morgan fingerprint density at radius 1 is 1.28 bits per heavy atom. The fraction of sp³-hybridized carbons (Fsp3) is 0.250. The molecule has 9 heteroatoms. The van der Waals surface area contributed by atoms with Gasteiger partial charge in [-0.3, -0.25) is 0 Å². The van der Waals surface area contributed by atoms with Gasteiger partial charge in [-0.05, 0) is 52.8 Å². The van der Waals surface area contributed by atoms with Crippen molar-refractivity contribution < 1.29 is 19.0 Å². The Morgan fingerprint density at radius 3 is 2.72 bits per heavy atom. The maximum Gasteiger partial charge on any atom is 0.344 e. The lowest BCUT2D eigenvalue weighted by Crippen LogP contribution is -2.15. The van der Waals surface area contributed by atoms with E-state index in [1.807, 2.05) is 36.4 Å². The number of esters is 1. The van der Waals surface area contributed by atoms with Gasteiger partial charge < -0.3 is 19.9 Å². The zero-order valence-electron chi connectivity index (χ0n) is 16.1. The number of benzene rings is 2. The molecular formula is C20H22IN3O4S. The number of hydrogen-bond donors (Lipinski definition) is 1. The van der Waals surface area contributed by atoms with E-state index in [4.69, 9.17) is 19.9 Å². The van der Waals surface area contributed by atoms with E-state index in [1.165, 1.54) is 18.9 Å². The Bertz CT molecular complexity index is 876. The molecule has 0 saturated carbocycles. The summed E-state index contributed by atoms with van der Waals surface area (Å²) < 4.78 is 16.5. The minimum atomic E-state index is -0.436. The Kier molecular flexibility index (Phi) is 9.78. The van der Waals surface area contributed by atoms with Crippen LogP contribution in [-0.2, 0) is 15.3 Å². The molecule has 0 radical (unpaired) electrons. The summed E-state index contributed by atoms with van der Waals surface area (Å²) in [5.74, 6) is 1.25. The summed E-state index contributed by atoms with van der Waals surface area (Å²) in [5.41, 5.74) is 7.83. The van der Waals surface area contributed by atoms with Crippen molar-refractivity contribution in [2.45, 2.75) is 12.7 Å². The van der Waals surface area contributed by atoms with Crippen LogP contribution >= 0.6 is 34.4 Å². The Morgan fingerprint density at radius 2 is 2.03 bits per heavy atom. The number of carbonyl (C=O) groups is 1. The first kappa shape index (κ1) is 23.0. The lowest BCUT2D eigenvalue weighted by atomic mass is 10.2. The molecule has 2 aromatic carbocycles. The van der Waals surface area contributed by atoms with Crippen molar-refractivity contribution in [3.8, 4) is 11.5 Å². The fourth-order valence-electron chi connectivity index (χ4n) is 2.20. The lowest BCUT2D eigenvalue weighted by Gasteiger charge is -2.12. The Labute approximate surface area is 187 Å². The first-order valence-electron chi connectivity index (χ1n) is 8.72. The lowest BCUT2D eigenvalue weighted by molar-refractivity contribution is -0.145. The fourth-order valence-corrected chi connectivity index (χ4v) is 3.59. The van der Waals surface area contributed by atoms with Crippen molar-refractivity contribution in [2.75, 3.05) is 20.3 Å². The molecule has 0 aliphatic carbocycles. The molecule has 2 aromatic rings. The molecule has 2 rings (SSSR count). The minimum absolute atomic E-state index is 0.187. The maximum atomic E-state index is 11.5. The van der Waals surface area contributed by atoms with E-state index >= 15 is 0 Å². The van der Waals surface area contributed by atoms with Gasteiger partial charge in [0.25, 0.3) is 0 Å². The zero-order valence-corrected chi connectivity index (χ0v) is 19.1. The average Bonchev–Trinajstić information content (AvgIpc) is 2.72. The van der Waals surface area contributed by atoms with Gasteiger partial charge in [0.1, 0.15) is 0 Å². The zero-order chi connectivity index (χ0) is 21.1. The number of nitrogens with two attached hydrogens (primary N) is 1. The van der Waals surface area contributed by atoms with Gasteiger partial charge in [0, 0.05) is 5.75 Å². The van der Waals surface area contributed by atoms with Crippen LogP contribution in [0.3, 0.4) is 0 Å². The molecule has 0 spiro atoms. The molecule has 0 fully saturated rings. The number of nitrogens with zero attached hydrogens (tertiary/aromatic N) is 2. The molecule has 0 aliphatic rings. The van der Waals surface area contributed by atoms with Crippen molar-refractivity contribution in [3.63, 3.8) is 0 Å². The molecule has 29 heavy (non-hydrogen) atoms. The van der Waals surface area contributed by atoms with Gasteiger partial charge in [0.2, 0.25) is 0 Å². The van der Waals surface area contributed by atoms with E-state index in [-0.39, 0.29) is 6.61 Å². The number of rotatable bonds is 9. The predicted octanol–water partition coefficient (Wildman–Crippen LogP) is 3.82. The summed E-state index contributed by atoms with van der Waals surface area (Å²) in [6, 6.07) is 13.6. The van der Waals surface area contributed by atoms with Gasteiger partial charge in [-0.15, -0.1) is 5.10 Å². The summed E-state index contributed by atoms with van der Waals surface area (Å²) in [6.45, 7) is 1.86. The highest BCUT2D eigenvalue weighted by Crippen LogP contribution is 2.33. The highest BCUT2D eigenvalue weighted by molar-refractivity contribution is 14.1. The predicted molar refractivity (Wildman–Crippen MR) is 125 cm³/mol. The summed E-state index contributed by atoms with van der Waals surface area (Å²) in [5, 5.41) is 8.43. The summed E-state index contributed by atoms with van der Waals surface area (Å²) in [7, 11) is 1.53. The van der Waals surface area contributed by atoms with Crippen LogP contribution in [-0.4, -0.2) is 37.7 Å². The topological polar surface area (TPSA) is 95.5 Å². The molecule has 0 saturated heterocycles. The molecule has 0 atom stereocenters. The summed E-state index contributed by atoms with van der Waals surface area (Å²) in [4.78, 5) is 11.5.